The highest BCUT2D eigenvalue weighted by Crippen LogP contribution is 2.23. The molecule has 3 aromatic carbocycles. The highest BCUT2D eigenvalue weighted by Gasteiger charge is 2.18. The molecule has 34 heavy (non-hydrogen) atoms. The maximum atomic E-state index is 13.1. The van der Waals surface area contributed by atoms with Crippen LogP contribution in [0.3, 0.4) is 0 Å². The van der Waals surface area contributed by atoms with E-state index in [2.05, 4.69) is 10.3 Å². The number of nitrogens with two attached hydrogens (primary N) is 2. The Bertz CT molecular complexity index is 1410. The van der Waals surface area contributed by atoms with Gasteiger partial charge in [0.1, 0.15) is 12.3 Å². The molecule has 0 saturated carbocycles. The van der Waals surface area contributed by atoms with Gasteiger partial charge >= 0.3 is 5.97 Å². The summed E-state index contributed by atoms with van der Waals surface area (Å²) in [6.45, 7) is 0.398. The van der Waals surface area contributed by atoms with Crippen LogP contribution in [-0.2, 0) is 17.9 Å². The quantitative estimate of drug-likeness (QED) is 0.110. The Kier molecular flexibility index (Phi) is 6.45. The first-order valence-electron chi connectivity index (χ1n) is 10.4. The number of para-hydroxylation sites is 1. The minimum atomic E-state index is -0.488. The summed E-state index contributed by atoms with van der Waals surface area (Å²) in [5.41, 5.74) is 15.3. The highest BCUT2D eigenvalue weighted by atomic mass is 16.5. The number of rotatable bonds is 7. The van der Waals surface area contributed by atoms with Crippen molar-refractivity contribution in [2.45, 2.75) is 13.2 Å². The molecule has 0 fully saturated rings. The number of oxime groups is 2. The fraction of sp³-hybridized carbons (Fsp3) is 0.0800. The molecule has 0 radical (unpaired) electrons. The fourth-order valence-corrected chi connectivity index (χ4v) is 3.72. The van der Waals surface area contributed by atoms with Gasteiger partial charge in [-0.2, -0.15) is 0 Å². The first kappa shape index (κ1) is 22.4. The molecule has 0 bridgehead atoms. The summed E-state index contributed by atoms with van der Waals surface area (Å²) in [5.74, 6) is -0.506. The van der Waals surface area contributed by atoms with Crippen molar-refractivity contribution in [1.29, 1.82) is 0 Å². The topological polar surface area (TPSA) is 148 Å². The van der Waals surface area contributed by atoms with E-state index in [0.717, 1.165) is 16.5 Å². The molecular weight excluding hydrogens is 434 g/mol. The van der Waals surface area contributed by atoms with Gasteiger partial charge in [-0.05, 0) is 35.4 Å². The third-order valence-corrected chi connectivity index (χ3v) is 5.39. The Labute approximate surface area is 195 Å². The molecule has 0 unspecified atom stereocenters. The number of fused-ring (bicyclic) bond motifs is 1. The summed E-state index contributed by atoms with van der Waals surface area (Å²) in [7, 11) is 0. The number of aromatic nitrogens is 1. The largest absolute Gasteiger partial charge is 0.456 e. The van der Waals surface area contributed by atoms with Crippen molar-refractivity contribution in [2.75, 3.05) is 0 Å². The molecule has 4 rings (SSSR count). The molecule has 9 heteroatoms. The fourth-order valence-electron chi connectivity index (χ4n) is 3.72. The second-order valence-electron chi connectivity index (χ2n) is 7.62. The van der Waals surface area contributed by atoms with E-state index in [1.807, 2.05) is 34.9 Å². The van der Waals surface area contributed by atoms with Gasteiger partial charge in [-0.1, -0.05) is 64.9 Å². The molecule has 9 nitrogen and oxygen atoms in total. The average molecular weight is 457 g/mol. The van der Waals surface area contributed by atoms with Crippen LogP contribution in [0.2, 0.25) is 0 Å². The van der Waals surface area contributed by atoms with E-state index in [0.29, 0.717) is 28.9 Å². The van der Waals surface area contributed by atoms with Crippen LogP contribution in [0.25, 0.3) is 10.9 Å². The van der Waals surface area contributed by atoms with E-state index >= 15 is 0 Å². The Morgan fingerprint density at radius 2 is 1.44 bits per heavy atom. The van der Waals surface area contributed by atoms with E-state index in [4.69, 9.17) is 26.6 Å². The van der Waals surface area contributed by atoms with E-state index < -0.39 is 5.97 Å². The number of esters is 1. The molecule has 0 spiro atoms. The van der Waals surface area contributed by atoms with E-state index in [9.17, 15) is 4.79 Å². The van der Waals surface area contributed by atoms with Crippen LogP contribution >= 0.6 is 0 Å². The molecule has 0 aliphatic rings. The van der Waals surface area contributed by atoms with Crippen LogP contribution in [0, 0.1) is 0 Å². The van der Waals surface area contributed by atoms with Crippen molar-refractivity contribution in [2.24, 2.45) is 21.8 Å². The van der Waals surface area contributed by atoms with E-state index in [1.165, 1.54) is 0 Å². The Balaban J connectivity index is 1.62. The van der Waals surface area contributed by atoms with Crippen LogP contribution in [0.4, 0.5) is 0 Å². The second kappa shape index (κ2) is 9.78. The van der Waals surface area contributed by atoms with Crippen LogP contribution in [-0.4, -0.2) is 32.6 Å². The number of hydrogen-bond acceptors (Lipinski definition) is 6. The van der Waals surface area contributed by atoms with Gasteiger partial charge in [0.2, 0.25) is 0 Å². The summed E-state index contributed by atoms with van der Waals surface area (Å²) in [5, 5.41) is 24.8. The van der Waals surface area contributed by atoms with Crippen LogP contribution in [0.5, 0.6) is 0 Å². The molecule has 1 heterocycles. The van der Waals surface area contributed by atoms with Gasteiger partial charge < -0.3 is 31.2 Å². The van der Waals surface area contributed by atoms with Crippen molar-refractivity contribution in [1.82, 2.24) is 4.57 Å². The Morgan fingerprint density at radius 1 is 0.824 bits per heavy atom. The minimum Gasteiger partial charge on any atom is -0.456 e. The molecule has 0 saturated heterocycles. The lowest BCUT2D eigenvalue weighted by atomic mass is 10.1. The molecule has 4 aromatic rings. The highest BCUT2D eigenvalue weighted by molar-refractivity contribution is 5.98. The summed E-state index contributed by atoms with van der Waals surface area (Å²) in [6.07, 6.45) is 0. The predicted octanol–water partition coefficient (Wildman–Crippen LogP) is 3.24. The van der Waals surface area contributed by atoms with Gasteiger partial charge in [0, 0.05) is 28.6 Å². The lowest BCUT2D eigenvalue weighted by Crippen LogP contribution is -2.15. The normalized spacial score (nSPS) is 12.1. The van der Waals surface area contributed by atoms with Crippen molar-refractivity contribution in [3.8, 4) is 0 Å². The van der Waals surface area contributed by atoms with Gasteiger partial charge in [0.15, 0.2) is 11.7 Å². The second-order valence-corrected chi connectivity index (χ2v) is 7.62. The number of nitrogens with zero attached hydrogens (tertiary/aromatic N) is 3. The van der Waals surface area contributed by atoms with Gasteiger partial charge in [0.25, 0.3) is 0 Å². The number of carbonyl (C=O) groups excluding carboxylic acids is 1. The molecule has 0 amide bonds. The van der Waals surface area contributed by atoms with E-state index in [-0.39, 0.29) is 18.3 Å². The molecule has 0 aliphatic heterocycles. The number of amidine groups is 2. The number of carbonyl (C=O) groups is 1. The molecule has 1 aromatic heterocycles. The molecule has 0 atom stereocenters. The lowest BCUT2D eigenvalue weighted by molar-refractivity contribution is 0.0461. The third kappa shape index (κ3) is 4.68. The number of benzene rings is 3. The summed E-state index contributed by atoms with van der Waals surface area (Å²) >= 11 is 0. The zero-order valence-corrected chi connectivity index (χ0v) is 18.1. The summed E-state index contributed by atoms with van der Waals surface area (Å²) in [4.78, 5) is 13.1. The first-order valence-corrected chi connectivity index (χ1v) is 10.4. The lowest BCUT2D eigenvalue weighted by Gasteiger charge is -2.12. The summed E-state index contributed by atoms with van der Waals surface area (Å²) < 4.78 is 7.47. The van der Waals surface area contributed by atoms with Gasteiger partial charge in [0.05, 0.1) is 0 Å². The van der Waals surface area contributed by atoms with Crippen molar-refractivity contribution < 1.29 is 19.9 Å². The van der Waals surface area contributed by atoms with Crippen molar-refractivity contribution >= 4 is 28.5 Å². The standard InChI is InChI=1S/C25H23N5O4/c26-23(28-32)19-8-3-5-16(11-19)14-30-21-10-2-1-7-18(21)13-22(30)25(31)34-15-17-6-4-9-20(12-17)24(27)29-33/h1-13,32-33H,14-15H2,(H2,26,28)(H2,27,29). The maximum Gasteiger partial charge on any atom is 0.355 e. The molecular formula is C25H23N5O4. The minimum absolute atomic E-state index is 0.00737. The Hall–Kier alpha value is -4.79. The van der Waals surface area contributed by atoms with Gasteiger partial charge in [-0.15, -0.1) is 0 Å². The Morgan fingerprint density at radius 3 is 2.12 bits per heavy atom. The van der Waals surface area contributed by atoms with Crippen molar-refractivity contribution in [3.05, 3.63) is 107 Å². The van der Waals surface area contributed by atoms with Crippen LogP contribution in [0.1, 0.15) is 32.7 Å². The monoisotopic (exact) mass is 457 g/mol. The zero-order chi connectivity index (χ0) is 24.1. The molecule has 6 N–H and O–H groups in total. The predicted molar refractivity (Wildman–Crippen MR) is 128 cm³/mol. The SMILES string of the molecule is NC(=NO)c1cccc(COC(=O)c2cc3ccccc3n2Cc2cccc(C(N)=NO)c2)c1. The third-order valence-electron chi connectivity index (χ3n) is 5.39. The first-order chi connectivity index (χ1) is 16.5. The maximum absolute atomic E-state index is 13.1. The number of hydrogen-bond donors (Lipinski definition) is 4. The van der Waals surface area contributed by atoms with Crippen molar-refractivity contribution in [3.63, 3.8) is 0 Å². The molecule has 172 valence electrons. The van der Waals surface area contributed by atoms with Gasteiger partial charge in [-0.3, -0.25) is 0 Å². The van der Waals surface area contributed by atoms with E-state index in [1.54, 1.807) is 48.5 Å². The number of ether oxygens (including phenoxy) is 1. The average Bonchev–Trinajstić information content (AvgIpc) is 3.25. The van der Waals surface area contributed by atoms with Crippen LogP contribution in [0.15, 0.2) is 89.2 Å². The molecule has 0 aliphatic carbocycles. The smallest absolute Gasteiger partial charge is 0.355 e. The van der Waals surface area contributed by atoms with Crippen LogP contribution < -0.4 is 11.5 Å². The summed E-state index contributed by atoms with van der Waals surface area (Å²) in [6, 6.07) is 23.6. The zero-order valence-electron chi connectivity index (χ0n) is 18.1. The van der Waals surface area contributed by atoms with Gasteiger partial charge in [-0.25, -0.2) is 4.79 Å².